The van der Waals surface area contributed by atoms with Crippen molar-refractivity contribution >= 4 is 23.2 Å². The minimum atomic E-state index is 0.0558. The number of benzene rings is 1. The largest absolute Gasteiger partial charge is 0.373 e. The van der Waals surface area contributed by atoms with Crippen molar-refractivity contribution in [1.82, 2.24) is 10.1 Å². The molecule has 19 heavy (non-hydrogen) atoms. The van der Waals surface area contributed by atoms with E-state index < -0.39 is 0 Å². The molecule has 2 aromatic rings. The molecule has 1 aromatic carbocycles. The molecule has 2 atom stereocenters. The summed E-state index contributed by atoms with van der Waals surface area (Å²) in [5.41, 5.74) is 1.12. The van der Waals surface area contributed by atoms with E-state index in [9.17, 15) is 0 Å². The van der Waals surface area contributed by atoms with Gasteiger partial charge in [0.1, 0.15) is 5.88 Å². The van der Waals surface area contributed by atoms with Crippen molar-refractivity contribution in [2.75, 3.05) is 6.61 Å². The topological polar surface area (TPSA) is 48.2 Å². The first-order valence-electron chi connectivity index (χ1n) is 6.02. The second-order valence-corrected chi connectivity index (χ2v) is 5.19. The maximum absolute atomic E-state index is 5.88. The molecule has 1 aromatic heterocycles. The van der Waals surface area contributed by atoms with Crippen LogP contribution >= 0.6 is 23.2 Å². The zero-order valence-corrected chi connectivity index (χ0v) is 11.6. The van der Waals surface area contributed by atoms with Gasteiger partial charge in [0, 0.05) is 10.9 Å². The van der Waals surface area contributed by atoms with Crippen molar-refractivity contribution in [3.8, 4) is 0 Å². The van der Waals surface area contributed by atoms with Gasteiger partial charge < -0.3 is 9.26 Å². The Kier molecular flexibility index (Phi) is 3.73. The van der Waals surface area contributed by atoms with Gasteiger partial charge in [-0.1, -0.05) is 28.9 Å². The maximum atomic E-state index is 5.88. The molecule has 0 aliphatic carbocycles. The van der Waals surface area contributed by atoms with E-state index in [4.69, 9.17) is 32.5 Å². The average molecular weight is 299 g/mol. The molecular weight excluding hydrogens is 287 g/mol. The van der Waals surface area contributed by atoms with Crippen LogP contribution in [-0.4, -0.2) is 16.7 Å². The average Bonchev–Trinajstić information content (AvgIpc) is 3.08. The Hall–Kier alpha value is -1.10. The normalized spacial score (nSPS) is 22.8. The summed E-state index contributed by atoms with van der Waals surface area (Å²) < 4.78 is 10.8. The van der Waals surface area contributed by atoms with Crippen molar-refractivity contribution < 1.29 is 9.26 Å². The van der Waals surface area contributed by atoms with E-state index in [1.165, 1.54) is 0 Å². The van der Waals surface area contributed by atoms with Gasteiger partial charge in [0.05, 0.1) is 12.7 Å². The summed E-state index contributed by atoms with van der Waals surface area (Å²) in [6.45, 7) is 0.592. The Balaban J connectivity index is 1.71. The van der Waals surface area contributed by atoms with Crippen molar-refractivity contribution in [1.29, 1.82) is 0 Å². The van der Waals surface area contributed by atoms with Gasteiger partial charge in [-0.15, -0.1) is 11.6 Å². The standard InChI is InChI=1S/C13H12Cl2N2O2/c14-6-12-16-13(17-19-12)9-5-11(18-7-9)8-1-3-10(15)4-2-8/h1-4,9,11H,5-7H2. The minimum absolute atomic E-state index is 0.0558. The number of nitrogens with zero attached hydrogens (tertiary/aromatic N) is 2. The number of rotatable bonds is 3. The van der Waals surface area contributed by atoms with Crippen molar-refractivity contribution in [2.24, 2.45) is 0 Å². The molecule has 0 N–H and O–H groups in total. The van der Waals surface area contributed by atoms with Crippen LogP contribution in [0.2, 0.25) is 5.02 Å². The van der Waals surface area contributed by atoms with Crippen LogP contribution in [0.25, 0.3) is 0 Å². The summed E-state index contributed by atoms with van der Waals surface area (Å²) in [5, 5.41) is 4.66. The van der Waals surface area contributed by atoms with Crippen LogP contribution in [0, 0.1) is 0 Å². The van der Waals surface area contributed by atoms with Crippen LogP contribution in [0.3, 0.4) is 0 Å². The highest BCUT2D eigenvalue weighted by molar-refractivity contribution is 6.30. The SMILES string of the molecule is ClCc1nc(C2COC(c3ccc(Cl)cc3)C2)no1. The first kappa shape index (κ1) is 12.9. The van der Waals surface area contributed by atoms with Crippen LogP contribution in [0.5, 0.6) is 0 Å². The van der Waals surface area contributed by atoms with Gasteiger partial charge in [-0.3, -0.25) is 0 Å². The fourth-order valence-corrected chi connectivity index (χ4v) is 2.44. The van der Waals surface area contributed by atoms with Crippen LogP contribution in [0.15, 0.2) is 28.8 Å². The molecule has 0 radical (unpaired) electrons. The lowest BCUT2D eigenvalue weighted by Crippen LogP contribution is -2.00. The Labute approximate surface area is 120 Å². The van der Waals surface area contributed by atoms with Crippen LogP contribution in [0.4, 0.5) is 0 Å². The quantitative estimate of drug-likeness (QED) is 0.811. The number of hydrogen-bond donors (Lipinski definition) is 0. The Bertz CT molecular complexity index is 556. The lowest BCUT2D eigenvalue weighted by molar-refractivity contribution is 0.110. The van der Waals surface area contributed by atoms with Gasteiger partial charge in [0.2, 0.25) is 5.89 Å². The van der Waals surface area contributed by atoms with Gasteiger partial charge in [0.25, 0.3) is 0 Å². The Morgan fingerprint density at radius 2 is 2.05 bits per heavy atom. The third kappa shape index (κ3) is 2.76. The molecule has 1 saturated heterocycles. The van der Waals surface area contributed by atoms with E-state index in [1.54, 1.807) is 0 Å². The fourth-order valence-electron chi connectivity index (χ4n) is 2.20. The summed E-state index contributed by atoms with van der Waals surface area (Å²) in [4.78, 5) is 4.24. The number of alkyl halides is 1. The molecule has 0 spiro atoms. The molecule has 3 rings (SSSR count). The van der Waals surface area contributed by atoms with E-state index in [-0.39, 0.29) is 17.9 Å². The monoisotopic (exact) mass is 298 g/mol. The molecule has 6 heteroatoms. The molecule has 1 fully saturated rings. The van der Waals surface area contributed by atoms with E-state index in [2.05, 4.69) is 10.1 Å². The summed E-state index contributed by atoms with van der Waals surface area (Å²) >= 11 is 11.5. The van der Waals surface area contributed by atoms with Gasteiger partial charge in [-0.2, -0.15) is 4.98 Å². The molecule has 1 aliphatic heterocycles. The molecule has 4 nitrogen and oxygen atoms in total. The predicted octanol–water partition coefficient (Wildman–Crippen LogP) is 3.71. The van der Waals surface area contributed by atoms with E-state index in [0.717, 1.165) is 17.0 Å². The summed E-state index contributed by atoms with van der Waals surface area (Å²) in [6.07, 6.45) is 0.892. The van der Waals surface area contributed by atoms with Gasteiger partial charge in [-0.25, -0.2) is 0 Å². The van der Waals surface area contributed by atoms with E-state index in [1.807, 2.05) is 24.3 Å². The number of hydrogen-bond acceptors (Lipinski definition) is 4. The first-order chi connectivity index (χ1) is 9.26. The zero-order valence-electron chi connectivity index (χ0n) is 10.1. The maximum Gasteiger partial charge on any atom is 0.241 e. The lowest BCUT2D eigenvalue weighted by Gasteiger charge is -2.09. The zero-order chi connectivity index (χ0) is 13.2. The molecule has 1 aliphatic rings. The van der Waals surface area contributed by atoms with E-state index in [0.29, 0.717) is 18.3 Å². The predicted molar refractivity (Wildman–Crippen MR) is 71.4 cm³/mol. The van der Waals surface area contributed by atoms with Crippen LogP contribution in [-0.2, 0) is 10.6 Å². The summed E-state index contributed by atoms with van der Waals surface area (Å²) in [7, 11) is 0. The van der Waals surface area contributed by atoms with Crippen molar-refractivity contribution in [2.45, 2.75) is 24.3 Å². The van der Waals surface area contributed by atoms with Gasteiger partial charge in [-0.05, 0) is 24.1 Å². The van der Waals surface area contributed by atoms with Crippen molar-refractivity contribution in [3.63, 3.8) is 0 Å². The minimum Gasteiger partial charge on any atom is -0.373 e. The van der Waals surface area contributed by atoms with E-state index >= 15 is 0 Å². The lowest BCUT2D eigenvalue weighted by atomic mass is 10.0. The molecular formula is C13H12Cl2N2O2. The second kappa shape index (κ2) is 5.49. The Morgan fingerprint density at radius 3 is 2.74 bits per heavy atom. The molecule has 2 heterocycles. The molecule has 2 unspecified atom stereocenters. The highest BCUT2D eigenvalue weighted by Gasteiger charge is 2.31. The number of halogens is 2. The molecule has 0 saturated carbocycles. The molecule has 0 bridgehead atoms. The van der Waals surface area contributed by atoms with Crippen LogP contribution < -0.4 is 0 Å². The van der Waals surface area contributed by atoms with Gasteiger partial charge in [0.15, 0.2) is 5.82 Å². The summed E-state index contributed by atoms with van der Waals surface area (Å²) in [5.74, 6) is 1.52. The third-order valence-corrected chi connectivity index (χ3v) is 3.68. The highest BCUT2D eigenvalue weighted by atomic mass is 35.5. The van der Waals surface area contributed by atoms with Gasteiger partial charge >= 0.3 is 0 Å². The first-order valence-corrected chi connectivity index (χ1v) is 6.93. The van der Waals surface area contributed by atoms with Crippen molar-refractivity contribution in [3.05, 3.63) is 46.6 Å². The van der Waals surface area contributed by atoms with Crippen LogP contribution in [0.1, 0.15) is 35.7 Å². The number of ether oxygens (including phenoxy) is 1. The second-order valence-electron chi connectivity index (χ2n) is 4.49. The molecule has 0 amide bonds. The fraction of sp³-hybridized carbons (Fsp3) is 0.385. The molecule has 100 valence electrons. The smallest absolute Gasteiger partial charge is 0.241 e. The summed E-state index contributed by atoms with van der Waals surface area (Å²) in [6, 6.07) is 7.70. The Morgan fingerprint density at radius 1 is 1.26 bits per heavy atom. The number of aromatic nitrogens is 2. The highest BCUT2D eigenvalue weighted by Crippen LogP contribution is 2.37. The third-order valence-electron chi connectivity index (χ3n) is 3.20.